The number of aliphatic imine (C=N–C) groups is 1. The number of nitrogens with zero attached hydrogens (tertiary/aromatic N) is 3. The van der Waals surface area contributed by atoms with E-state index in [1.807, 2.05) is 26.0 Å². The number of rotatable bonds is 4. The first-order chi connectivity index (χ1) is 14.9. The Morgan fingerprint density at radius 1 is 0.968 bits per heavy atom. The number of hydrogen-bond acceptors (Lipinski definition) is 5. The largest absolute Gasteiger partial charge is 0.494 e. The van der Waals surface area contributed by atoms with Crippen LogP contribution in [0.3, 0.4) is 0 Å². The third-order valence-corrected chi connectivity index (χ3v) is 5.24. The lowest BCUT2D eigenvalue weighted by atomic mass is 10.1. The van der Waals surface area contributed by atoms with E-state index < -0.39 is 4.92 Å². The summed E-state index contributed by atoms with van der Waals surface area (Å²) in [4.78, 5) is 28.0. The molecule has 1 aromatic heterocycles. The fourth-order valence-electron chi connectivity index (χ4n) is 3.42. The van der Waals surface area contributed by atoms with E-state index in [9.17, 15) is 20.0 Å². The lowest BCUT2D eigenvalue weighted by molar-refractivity contribution is -0.384. The first kappa shape index (κ1) is 20.0. The summed E-state index contributed by atoms with van der Waals surface area (Å²) in [6.45, 7) is 3.91. The average Bonchev–Trinajstić information content (AvgIpc) is 2.76. The summed E-state index contributed by atoms with van der Waals surface area (Å²) in [6.07, 6.45) is 1.42. The zero-order valence-corrected chi connectivity index (χ0v) is 16.9. The van der Waals surface area contributed by atoms with Crippen molar-refractivity contribution in [3.63, 3.8) is 0 Å². The smallest absolute Gasteiger partial charge is 0.271 e. The van der Waals surface area contributed by atoms with Gasteiger partial charge in [0.1, 0.15) is 0 Å². The summed E-state index contributed by atoms with van der Waals surface area (Å²) in [6, 6.07) is 18.4. The molecule has 7 nitrogen and oxygen atoms in total. The lowest BCUT2D eigenvalue weighted by Gasteiger charge is -2.14. The van der Waals surface area contributed by atoms with Gasteiger partial charge in [-0.2, -0.15) is 0 Å². The summed E-state index contributed by atoms with van der Waals surface area (Å²) in [7, 11) is 0. The fourth-order valence-corrected chi connectivity index (χ4v) is 3.42. The molecule has 0 aliphatic rings. The molecule has 0 fully saturated rings. The molecule has 0 atom stereocenters. The molecule has 0 bridgehead atoms. The van der Waals surface area contributed by atoms with Crippen LogP contribution in [0.5, 0.6) is 5.88 Å². The highest BCUT2D eigenvalue weighted by molar-refractivity contribution is 6.02. The molecule has 0 radical (unpaired) electrons. The Morgan fingerprint density at radius 3 is 2.42 bits per heavy atom. The second-order valence-electron chi connectivity index (χ2n) is 7.23. The molecule has 0 aliphatic carbocycles. The predicted molar refractivity (Wildman–Crippen MR) is 121 cm³/mol. The summed E-state index contributed by atoms with van der Waals surface area (Å²) < 4.78 is 1.25. The van der Waals surface area contributed by atoms with Crippen molar-refractivity contribution in [1.29, 1.82) is 0 Å². The van der Waals surface area contributed by atoms with Crippen molar-refractivity contribution in [3.05, 3.63) is 104 Å². The van der Waals surface area contributed by atoms with Crippen molar-refractivity contribution in [2.45, 2.75) is 13.8 Å². The van der Waals surface area contributed by atoms with Gasteiger partial charge >= 0.3 is 0 Å². The van der Waals surface area contributed by atoms with E-state index in [-0.39, 0.29) is 17.1 Å². The molecule has 3 aromatic carbocycles. The van der Waals surface area contributed by atoms with Gasteiger partial charge in [-0.25, -0.2) is 4.57 Å². The van der Waals surface area contributed by atoms with Crippen LogP contribution in [0.4, 0.5) is 11.4 Å². The number of aryl methyl sites for hydroxylation is 2. The van der Waals surface area contributed by atoms with Crippen molar-refractivity contribution >= 4 is 28.4 Å². The zero-order chi connectivity index (χ0) is 22.1. The standard InChI is InChI=1S/C24H19N3O4/c1-15-10-11-18(12-16(15)2)26-23(28)21-9-4-3-8-20(21)22(24(26)29)14-25-17-6-5-7-19(13-17)27(30)31/h3-14,29H,1-2H3. The summed E-state index contributed by atoms with van der Waals surface area (Å²) in [5.74, 6) is -0.249. The number of hydrogen-bond donors (Lipinski definition) is 1. The minimum atomic E-state index is -0.494. The SMILES string of the molecule is Cc1ccc(-n2c(O)c(C=Nc3cccc([N+](=O)[O-])c3)c3ccccc3c2=O)cc1C. The highest BCUT2D eigenvalue weighted by Gasteiger charge is 2.16. The van der Waals surface area contributed by atoms with Crippen molar-refractivity contribution in [2.24, 2.45) is 4.99 Å². The third kappa shape index (κ3) is 3.69. The maximum absolute atomic E-state index is 13.2. The molecular weight excluding hydrogens is 394 g/mol. The van der Waals surface area contributed by atoms with Gasteiger partial charge in [0.25, 0.3) is 11.2 Å². The second kappa shape index (κ2) is 7.87. The van der Waals surface area contributed by atoms with E-state index in [1.165, 1.54) is 22.9 Å². The molecule has 0 aliphatic heterocycles. The van der Waals surface area contributed by atoms with Gasteiger partial charge < -0.3 is 5.11 Å². The van der Waals surface area contributed by atoms with Crippen LogP contribution in [0.25, 0.3) is 16.5 Å². The van der Waals surface area contributed by atoms with Crippen molar-refractivity contribution in [1.82, 2.24) is 4.57 Å². The summed E-state index contributed by atoms with van der Waals surface area (Å²) in [5, 5.41) is 23.1. The van der Waals surface area contributed by atoms with Crippen LogP contribution in [0.2, 0.25) is 0 Å². The van der Waals surface area contributed by atoms with Crippen molar-refractivity contribution in [2.75, 3.05) is 0 Å². The molecule has 31 heavy (non-hydrogen) atoms. The van der Waals surface area contributed by atoms with Crippen LogP contribution >= 0.6 is 0 Å². The van der Waals surface area contributed by atoms with Crippen LogP contribution in [0.15, 0.2) is 76.5 Å². The fraction of sp³-hybridized carbons (Fsp3) is 0.0833. The molecule has 4 rings (SSSR count). The number of non-ortho nitro benzene ring substituents is 1. The average molecular weight is 413 g/mol. The molecule has 1 N–H and O–H groups in total. The zero-order valence-electron chi connectivity index (χ0n) is 16.9. The Morgan fingerprint density at radius 2 is 1.71 bits per heavy atom. The van der Waals surface area contributed by atoms with Crippen LogP contribution < -0.4 is 5.56 Å². The van der Waals surface area contributed by atoms with E-state index in [1.54, 1.807) is 42.5 Å². The first-order valence-electron chi connectivity index (χ1n) is 9.59. The molecule has 0 saturated heterocycles. The van der Waals surface area contributed by atoms with Crippen LogP contribution in [-0.4, -0.2) is 20.8 Å². The molecule has 1 heterocycles. The van der Waals surface area contributed by atoms with E-state index in [4.69, 9.17) is 0 Å². The van der Waals surface area contributed by atoms with Gasteiger partial charge in [0, 0.05) is 29.1 Å². The van der Waals surface area contributed by atoms with Gasteiger partial charge in [-0.1, -0.05) is 30.3 Å². The Kier molecular flexibility index (Phi) is 5.09. The highest BCUT2D eigenvalue weighted by atomic mass is 16.6. The first-order valence-corrected chi connectivity index (χ1v) is 9.59. The normalized spacial score (nSPS) is 11.3. The Balaban J connectivity index is 1.95. The van der Waals surface area contributed by atoms with Crippen molar-refractivity contribution < 1.29 is 10.0 Å². The number of aromatic nitrogens is 1. The van der Waals surface area contributed by atoms with E-state index in [0.29, 0.717) is 27.7 Å². The number of nitro groups is 1. The molecule has 0 spiro atoms. The van der Waals surface area contributed by atoms with Gasteiger partial charge in [-0.05, 0) is 49.2 Å². The topological polar surface area (TPSA) is 97.7 Å². The minimum Gasteiger partial charge on any atom is -0.494 e. The molecule has 4 aromatic rings. The molecule has 0 saturated carbocycles. The quantitative estimate of drug-likeness (QED) is 0.290. The number of fused-ring (bicyclic) bond motifs is 1. The Hall–Kier alpha value is -4.26. The molecular formula is C24H19N3O4. The summed E-state index contributed by atoms with van der Waals surface area (Å²) in [5.41, 5.74) is 2.89. The molecule has 7 heteroatoms. The maximum Gasteiger partial charge on any atom is 0.271 e. The van der Waals surface area contributed by atoms with Crippen LogP contribution in [-0.2, 0) is 0 Å². The second-order valence-corrected chi connectivity index (χ2v) is 7.23. The van der Waals surface area contributed by atoms with Gasteiger partial charge in [-0.15, -0.1) is 0 Å². The molecule has 0 amide bonds. The minimum absolute atomic E-state index is 0.0798. The Bertz CT molecular complexity index is 1420. The van der Waals surface area contributed by atoms with Crippen molar-refractivity contribution in [3.8, 4) is 11.6 Å². The summed E-state index contributed by atoms with van der Waals surface area (Å²) >= 11 is 0. The van der Waals surface area contributed by atoms with Gasteiger partial charge in [0.2, 0.25) is 5.88 Å². The third-order valence-electron chi connectivity index (χ3n) is 5.24. The Labute approximate surface area is 177 Å². The monoisotopic (exact) mass is 413 g/mol. The predicted octanol–water partition coefficient (Wildman–Crippen LogP) is 4.97. The highest BCUT2D eigenvalue weighted by Crippen LogP contribution is 2.28. The number of benzene rings is 3. The molecule has 154 valence electrons. The van der Waals surface area contributed by atoms with Crippen LogP contribution in [0.1, 0.15) is 16.7 Å². The number of pyridine rings is 1. The number of nitro benzene ring substituents is 1. The van der Waals surface area contributed by atoms with E-state index in [2.05, 4.69) is 4.99 Å². The number of aromatic hydroxyl groups is 1. The van der Waals surface area contributed by atoms with Gasteiger partial charge in [0.15, 0.2) is 0 Å². The van der Waals surface area contributed by atoms with E-state index in [0.717, 1.165) is 11.1 Å². The van der Waals surface area contributed by atoms with Crippen LogP contribution in [0, 0.1) is 24.0 Å². The van der Waals surface area contributed by atoms with E-state index >= 15 is 0 Å². The lowest BCUT2D eigenvalue weighted by Crippen LogP contribution is -2.20. The molecule has 0 unspecified atom stereocenters. The van der Waals surface area contributed by atoms with Gasteiger partial charge in [0.05, 0.1) is 21.9 Å². The maximum atomic E-state index is 13.2. The van der Waals surface area contributed by atoms with Gasteiger partial charge in [-0.3, -0.25) is 19.9 Å².